The Labute approximate surface area is 120 Å². The summed E-state index contributed by atoms with van der Waals surface area (Å²) in [6.07, 6.45) is 1.21. The Morgan fingerprint density at radius 1 is 1.32 bits per heavy atom. The van der Waals surface area contributed by atoms with Crippen molar-refractivity contribution < 1.29 is 0 Å². The molecule has 0 spiro atoms. The van der Waals surface area contributed by atoms with Crippen LogP contribution < -0.4 is 10.6 Å². The lowest BCUT2D eigenvalue weighted by Crippen LogP contribution is -2.47. The lowest BCUT2D eigenvalue weighted by Gasteiger charge is -2.36. The van der Waals surface area contributed by atoms with Gasteiger partial charge in [-0.3, -0.25) is 9.58 Å². The zero-order chi connectivity index (χ0) is 14.0. The van der Waals surface area contributed by atoms with E-state index in [1.165, 1.54) is 13.0 Å². The number of nitrogens with two attached hydrogens (primary N) is 1. The van der Waals surface area contributed by atoms with E-state index < -0.39 is 0 Å². The van der Waals surface area contributed by atoms with Crippen LogP contribution in [-0.2, 0) is 7.05 Å². The smallest absolute Gasteiger partial charge is 0.137 e. The third kappa shape index (κ3) is 2.90. The van der Waals surface area contributed by atoms with Crippen molar-refractivity contribution in [3.05, 3.63) is 11.3 Å². The van der Waals surface area contributed by atoms with Gasteiger partial charge in [-0.25, -0.2) is 0 Å². The highest BCUT2D eigenvalue weighted by molar-refractivity contribution is 7.80. The SMILES string of the molecule is CCCN1CCN(c2c(C(N)=S)c(C)nn2C)CC1. The second kappa shape index (κ2) is 5.88. The number of aryl methyl sites for hydroxylation is 2. The molecule has 1 saturated heterocycles. The van der Waals surface area contributed by atoms with Crippen molar-refractivity contribution in [1.82, 2.24) is 14.7 Å². The number of piperazine rings is 1. The van der Waals surface area contributed by atoms with Crippen molar-refractivity contribution in [3.8, 4) is 0 Å². The molecule has 1 aromatic heterocycles. The van der Waals surface area contributed by atoms with Crippen LogP contribution in [0, 0.1) is 6.92 Å². The van der Waals surface area contributed by atoms with Crippen molar-refractivity contribution in [2.75, 3.05) is 37.6 Å². The minimum Gasteiger partial charge on any atom is -0.389 e. The molecule has 0 aliphatic carbocycles. The van der Waals surface area contributed by atoms with E-state index in [2.05, 4.69) is 21.8 Å². The van der Waals surface area contributed by atoms with Crippen LogP contribution in [0.4, 0.5) is 5.82 Å². The van der Waals surface area contributed by atoms with E-state index >= 15 is 0 Å². The van der Waals surface area contributed by atoms with Gasteiger partial charge < -0.3 is 10.6 Å². The Hall–Kier alpha value is -1.14. The van der Waals surface area contributed by atoms with Crippen LogP contribution >= 0.6 is 12.2 Å². The first-order valence-corrected chi connectivity index (χ1v) is 7.26. The van der Waals surface area contributed by atoms with Gasteiger partial charge in [-0.05, 0) is 19.9 Å². The topological polar surface area (TPSA) is 50.3 Å². The molecule has 0 aromatic carbocycles. The predicted molar refractivity (Wildman–Crippen MR) is 82.8 cm³/mol. The third-order valence-electron chi connectivity index (χ3n) is 3.65. The molecule has 2 heterocycles. The van der Waals surface area contributed by atoms with E-state index in [1.54, 1.807) is 0 Å². The van der Waals surface area contributed by atoms with Gasteiger partial charge in [-0.1, -0.05) is 19.1 Å². The van der Waals surface area contributed by atoms with E-state index in [0.717, 1.165) is 43.3 Å². The zero-order valence-electron chi connectivity index (χ0n) is 12.0. The Morgan fingerprint density at radius 2 is 1.95 bits per heavy atom. The summed E-state index contributed by atoms with van der Waals surface area (Å²) in [6, 6.07) is 0. The molecule has 2 N–H and O–H groups in total. The van der Waals surface area contributed by atoms with Gasteiger partial charge in [0.05, 0.1) is 11.3 Å². The van der Waals surface area contributed by atoms with E-state index in [0.29, 0.717) is 4.99 Å². The summed E-state index contributed by atoms with van der Waals surface area (Å²) in [5.41, 5.74) is 7.70. The molecule has 0 amide bonds. The van der Waals surface area contributed by atoms with Gasteiger partial charge in [0, 0.05) is 33.2 Å². The molecule has 0 atom stereocenters. The molecule has 5 nitrogen and oxygen atoms in total. The predicted octanol–water partition coefficient (Wildman–Crippen LogP) is 0.895. The standard InChI is InChI=1S/C13H23N5S/c1-4-5-17-6-8-18(9-7-17)13-11(12(14)19)10(2)15-16(13)3/h4-9H2,1-3H3,(H2,14,19). The summed E-state index contributed by atoms with van der Waals surface area (Å²) in [5.74, 6) is 1.07. The van der Waals surface area contributed by atoms with Crippen LogP contribution in [0.1, 0.15) is 24.6 Å². The van der Waals surface area contributed by atoms with Gasteiger partial charge in [0.2, 0.25) is 0 Å². The van der Waals surface area contributed by atoms with Crippen LogP contribution in [0.5, 0.6) is 0 Å². The summed E-state index contributed by atoms with van der Waals surface area (Å²) in [7, 11) is 1.96. The highest BCUT2D eigenvalue weighted by Gasteiger charge is 2.24. The lowest BCUT2D eigenvalue weighted by molar-refractivity contribution is 0.257. The van der Waals surface area contributed by atoms with Gasteiger partial charge in [-0.15, -0.1) is 0 Å². The first-order chi connectivity index (χ1) is 9.04. The Morgan fingerprint density at radius 3 is 2.47 bits per heavy atom. The normalized spacial score (nSPS) is 16.9. The summed E-state index contributed by atoms with van der Waals surface area (Å²) in [5, 5.41) is 4.46. The molecule has 0 saturated carbocycles. The van der Waals surface area contributed by atoms with Crippen molar-refractivity contribution in [3.63, 3.8) is 0 Å². The number of hydrogen-bond donors (Lipinski definition) is 1. The maximum atomic E-state index is 5.85. The lowest BCUT2D eigenvalue weighted by atomic mass is 10.2. The minimum atomic E-state index is 0.441. The molecule has 0 bridgehead atoms. The van der Waals surface area contributed by atoms with Crippen LogP contribution in [0.3, 0.4) is 0 Å². The molecule has 0 radical (unpaired) electrons. The number of rotatable bonds is 4. The summed E-state index contributed by atoms with van der Waals surface area (Å²) in [4.78, 5) is 5.29. The summed E-state index contributed by atoms with van der Waals surface area (Å²) < 4.78 is 1.90. The van der Waals surface area contributed by atoms with Crippen LogP contribution in [0.2, 0.25) is 0 Å². The fourth-order valence-corrected chi connectivity index (χ4v) is 3.04. The molecule has 0 unspecified atom stereocenters. The Kier molecular flexibility index (Phi) is 4.42. The molecule has 1 fully saturated rings. The number of anilines is 1. The molecule has 6 heteroatoms. The fourth-order valence-electron chi connectivity index (χ4n) is 2.80. The minimum absolute atomic E-state index is 0.441. The average molecular weight is 281 g/mol. The highest BCUT2D eigenvalue weighted by atomic mass is 32.1. The quantitative estimate of drug-likeness (QED) is 0.831. The van der Waals surface area contributed by atoms with E-state index in [4.69, 9.17) is 18.0 Å². The first-order valence-electron chi connectivity index (χ1n) is 6.85. The molecular formula is C13H23N5S. The van der Waals surface area contributed by atoms with E-state index in [9.17, 15) is 0 Å². The van der Waals surface area contributed by atoms with Crippen molar-refractivity contribution in [2.45, 2.75) is 20.3 Å². The first kappa shape index (κ1) is 14.3. The Bertz CT molecular complexity index is 460. The van der Waals surface area contributed by atoms with Crippen LogP contribution in [0.25, 0.3) is 0 Å². The molecule has 1 aliphatic rings. The van der Waals surface area contributed by atoms with Crippen LogP contribution in [-0.4, -0.2) is 52.4 Å². The maximum absolute atomic E-state index is 5.85. The molecule has 106 valence electrons. The van der Waals surface area contributed by atoms with Crippen LogP contribution in [0.15, 0.2) is 0 Å². The highest BCUT2D eigenvalue weighted by Crippen LogP contribution is 2.24. The third-order valence-corrected chi connectivity index (χ3v) is 3.85. The van der Waals surface area contributed by atoms with Gasteiger partial charge in [-0.2, -0.15) is 5.10 Å². The summed E-state index contributed by atoms with van der Waals surface area (Å²) >= 11 is 5.17. The average Bonchev–Trinajstić information content (AvgIpc) is 2.66. The number of aromatic nitrogens is 2. The second-order valence-electron chi connectivity index (χ2n) is 5.10. The van der Waals surface area contributed by atoms with Gasteiger partial charge in [0.25, 0.3) is 0 Å². The van der Waals surface area contributed by atoms with Gasteiger partial charge in [0.1, 0.15) is 10.8 Å². The van der Waals surface area contributed by atoms with Gasteiger partial charge in [0.15, 0.2) is 0 Å². The number of thiocarbonyl (C=S) groups is 1. The van der Waals surface area contributed by atoms with Crippen molar-refractivity contribution in [2.24, 2.45) is 12.8 Å². The number of nitrogens with zero attached hydrogens (tertiary/aromatic N) is 4. The molecular weight excluding hydrogens is 258 g/mol. The van der Waals surface area contributed by atoms with E-state index in [1.807, 2.05) is 18.7 Å². The monoisotopic (exact) mass is 281 g/mol. The van der Waals surface area contributed by atoms with Crippen molar-refractivity contribution in [1.29, 1.82) is 0 Å². The maximum Gasteiger partial charge on any atom is 0.137 e. The molecule has 19 heavy (non-hydrogen) atoms. The molecule has 1 aliphatic heterocycles. The fraction of sp³-hybridized carbons (Fsp3) is 0.692. The molecule has 2 rings (SSSR count). The Balaban J connectivity index is 2.17. The second-order valence-corrected chi connectivity index (χ2v) is 5.54. The van der Waals surface area contributed by atoms with Gasteiger partial charge >= 0.3 is 0 Å². The molecule has 1 aromatic rings. The number of hydrogen-bond acceptors (Lipinski definition) is 4. The van der Waals surface area contributed by atoms with E-state index in [-0.39, 0.29) is 0 Å². The summed E-state index contributed by atoms with van der Waals surface area (Å²) in [6.45, 7) is 9.57. The largest absolute Gasteiger partial charge is 0.389 e. The van der Waals surface area contributed by atoms with Crippen molar-refractivity contribution >= 4 is 23.0 Å². The zero-order valence-corrected chi connectivity index (χ0v) is 12.8.